The van der Waals surface area contributed by atoms with Gasteiger partial charge in [-0.2, -0.15) is 4.31 Å². The number of benzene rings is 1. The summed E-state index contributed by atoms with van der Waals surface area (Å²) in [6.45, 7) is 1.13. The van der Waals surface area contributed by atoms with E-state index in [2.05, 4.69) is 9.97 Å². The smallest absolute Gasteiger partial charge is 0.243 e. The largest absolute Gasteiger partial charge is 0.293 e. The van der Waals surface area contributed by atoms with Gasteiger partial charge in [-0.15, -0.1) is 11.3 Å². The van der Waals surface area contributed by atoms with Crippen molar-refractivity contribution < 1.29 is 13.2 Å². The molecule has 3 aromatic rings. The highest BCUT2D eigenvalue weighted by molar-refractivity contribution is 8.00. The zero-order valence-electron chi connectivity index (χ0n) is 14.4. The van der Waals surface area contributed by atoms with Crippen molar-refractivity contribution >= 4 is 49.1 Å². The van der Waals surface area contributed by atoms with Crippen LogP contribution in [0.15, 0.2) is 52.0 Å². The number of ketones is 1. The second-order valence-corrected chi connectivity index (χ2v) is 9.96. The first-order valence-corrected chi connectivity index (χ1v) is 11.8. The van der Waals surface area contributed by atoms with Gasteiger partial charge in [-0.05, 0) is 36.4 Å². The summed E-state index contributed by atoms with van der Waals surface area (Å²) in [7, 11) is -3.45. The number of aromatic nitrogens is 2. The molecular weight excluding hydrogens is 402 g/mol. The van der Waals surface area contributed by atoms with E-state index in [1.54, 1.807) is 12.1 Å². The Bertz CT molecular complexity index is 1070. The summed E-state index contributed by atoms with van der Waals surface area (Å²) in [5.41, 5.74) is 0.499. The number of sulfonamides is 1. The van der Waals surface area contributed by atoms with E-state index >= 15 is 0 Å². The van der Waals surface area contributed by atoms with Crippen molar-refractivity contribution in [3.05, 3.63) is 47.6 Å². The lowest BCUT2D eigenvalue weighted by Gasteiger charge is -2.15. The lowest BCUT2D eigenvalue weighted by atomic mass is 10.1. The first-order chi connectivity index (χ1) is 13.1. The van der Waals surface area contributed by atoms with Gasteiger partial charge < -0.3 is 0 Å². The molecule has 1 saturated heterocycles. The lowest BCUT2D eigenvalue weighted by Crippen LogP contribution is -2.27. The van der Waals surface area contributed by atoms with Crippen molar-refractivity contribution in [2.45, 2.75) is 22.8 Å². The normalized spacial score (nSPS) is 15.4. The van der Waals surface area contributed by atoms with Gasteiger partial charge in [0.25, 0.3) is 0 Å². The number of thioether (sulfide) groups is 1. The molecule has 0 bridgehead atoms. The van der Waals surface area contributed by atoms with Gasteiger partial charge in [0.05, 0.1) is 10.6 Å². The Morgan fingerprint density at radius 2 is 1.85 bits per heavy atom. The van der Waals surface area contributed by atoms with Crippen LogP contribution in [0.5, 0.6) is 0 Å². The number of fused-ring (bicyclic) bond motifs is 1. The van der Waals surface area contributed by atoms with E-state index in [9.17, 15) is 13.2 Å². The highest BCUT2D eigenvalue weighted by atomic mass is 32.2. The van der Waals surface area contributed by atoms with E-state index in [0.29, 0.717) is 18.7 Å². The lowest BCUT2D eigenvalue weighted by molar-refractivity contribution is 0.102. The van der Waals surface area contributed by atoms with Crippen LogP contribution in [0, 0.1) is 0 Å². The molecule has 1 aliphatic rings. The number of carbonyl (C=O) groups excluding carboxylic acids is 1. The fraction of sp³-hybridized carbons (Fsp3) is 0.278. The van der Waals surface area contributed by atoms with Crippen molar-refractivity contribution in [2.24, 2.45) is 0 Å². The maximum atomic E-state index is 12.5. The first kappa shape index (κ1) is 18.5. The van der Waals surface area contributed by atoms with E-state index < -0.39 is 10.0 Å². The third-order valence-electron chi connectivity index (χ3n) is 4.44. The van der Waals surface area contributed by atoms with Crippen LogP contribution in [0.25, 0.3) is 10.2 Å². The molecule has 0 aliphatic carbocycles. The average molecular weight is 420 g/mol. The number of hydrogen-bond donors (Lipinski definition) is 0. The molecule has 3 heterocycles. The molecule has 9 heteroatoms. The third kappa shape index (κ3) is 3.77. The van der Waals surface area contributed by atoms with E-state index in [0.717, 1.165) is 28.1 Å². The highest BCUT2D eigenvalue weighted by Gasteiger charge is 2.27. The van der Waals surface area contributed by atoms with Crippen LogP contribution in [0.3, 0.4) is 0 Å². The average Bonchev–Trinajstić information content (AvgIpc) is 3.38. The first-order valence-electron chi connectivity index (χ1n) is 8.50. The Kier molecular flexibility index (Phi) is 5.27. The van der Waals surface area contributed by atoms with Crippen LogP contribution in [-0.4, -0.2) is 47.3 Å². The maximum absolute atomic E-state index is 12.5. The summed E-state index contributed by atoms with van der Waals surface area (Å²) in [5, 5.41) is 3.68. The molecule has 27 heavy (non-hydrogen) atoms. The van der Waals surface area contributed by atoms with Crippen LogP contribution < -0.4 is 0 Å². The second kappa shape index (κ2) is 7.67. The molecule has 1 fully saturated rings. The molecule has 6 nitrogen and oxygen atoms in total. The summed E-state index contributed by atoms with van der Waals surface area (Å²) in [6, 6.07) is 8.17. The van der Waals surface area contributed by atoms with Crippen LogP contribution in [0.4, 0.5) is 0 Å². The maximum Gasteiger partial charge on any atom is 0.243 e. The molecule has 2 aromatic heterocycles. The number of Topliss-reactive ketones (excluding diaryl/α,β-unsaturated/α-hetero) is 1. The van der Waals surface area contributed by atoms with E-state index in [-0.39, 0.29) is 16.4 Å². The molecule has 0 radical (unpaired) electrons. The number of carbonyl (C=O) groups is 1. The fourth-order valence-corrected chi connectivity index (χ4v) is 6.18. The SMILES string of the molecule is O=C(CSc1ncnc2sccc12)c1ccc(S(=O)(=O)N2CCCC2)cc1. The molecule has 0 saturated carbocycles. The van der Waals surface area contributed by atoms with Gasteiger partial charge in [0.15, 0.2) is 5.78 Å². The summed E-state index contributed by atoms with van der Waals surface area (Å²) in [5.74, 6) is 0.173. The Hall–Kier alpha value is -1.81. The summed E-state index contributed by atoms with van der Waals surface area (Å²) < 4.78 is 26.6. The van der Waals surface area contributed by atoms with E-state index in [1.165, 1.54) is 45.9 Å². The monoisotopic (exact) mass is 419 g/mol. The topological polar surface area (TPSA) is 80.2 Å². The Labute approximate surface area is 165 Å². The Balaban J connectivity index is 1.46. The van der Waals surface area contributed by atoms with E-state index in [1.807, 2.05) is 11.4 Å². The minimum Gasteiger partial charge on any atom is -0.293 e. The van der Waals surface area contributed by atoms with Gasteiger partial charge >= 0.3 is 0 Å². The van der Waals surface area contributed by atoms with Crippen molar-refractivity contribution in [3.8, 4) is 0 Å². The van der Waals surface area contributed by atoms with Crippen LogP contribution >= 0.6 is 23.1 Å². The zero-order valence-corrected chi connectivity index (χ0v) is 16.8. The minimum absolute atomic E-state index is 0.0629. The fourth-order valence-electron chi connectivity index (χ4n) is 2.99. The van der Waals surface area contributed by atoms with Gasteiger partial charge in [0.1, 0.15) is 16.2 Å². The summed E-state index contributed by atoms with van der Waals surface area (Å²) >= 11 is 2.90. The molecule has 0 amide bonds. The summed E-state index contributed by atoms with van der Waals surface area (Å²) in [6.07, 6.45) is 3.30. The molecule has 4 rings (SSSR count). The minimum atomic E-state index is -3.45. The zero-order chi connectivity index (χ0) is 18.9. The number of rotatable bonds is 6. The van der Waals surface area contributed by atoms with E-state index in [4.69, 9.17) is 0 Å². The predicted octanol–water partition coefficient (Wildman–Crippen LogP) is 3.45. The molecule has 1 aliphatic heterocycles. The molecule has 0 atom stereocenters. The van der Waals surface area contributed by atoms with Crippen molar-refractivity contribution in [1.29, 1.82) is 0 Å². The second-order valence-electron chi connectivity index (χ2n) is 6.17. The number of thiophene rings is 1. The molecular formula is C18H17N3O3S3. The van der Waals surface area contributed by atoms with Crippen molar-refractivity contribution in [3.63, 3.8) is 0 Å². The van der Waals surface area contributed by atoms with Crippen molar-refractivity contribution in [2.75, 3.05) is 18.8 Å². The van der Waals surface area contributed by atoms with Gasteiger partial charge in [0.2, 0.25) is 10.0 Å². The quantitative estimate of drug-likeness (QED) is 0.346. The van der Waals surface area contributed by atoms with Crippen LogP contribution in [0.1, 0.15) is 23.2 Å². The standard InChI is InChI=1S/C18H17N3O3S3/c22-16(11-26-18-15-7-10-25-17(15)19-12-20-18)13-3-5-14(6-4-13)27(23,24)21-8-1-2-9-21/h3-7,10,12H,1-2,8-9,11H2. The molecule has 0 spiro atoms. The predicted molar refractivity (Wildman–Crippen MR) is 107 cm³/mol. The van der Waals surface area contributed by atoms with Gasteiger partial charge in [-0.3, -0.25) is 4.79 Å². The van der Waals surface area contributed by atoms with Crippen LogP contribution in [0.2, 0.25) is 0 Å². The van der Waals surface area contributed by atoms with Crippen molar-refractivity contribution in [1.82, 2.24) is 14.3 Å². The number of nitrogens with zero attached hydrogens (tertiary/aromatic N) is 3. The summed E-state index contributed by atoms with van der Waals surface area (Å²) in [4.78, 5) is 22.1. The third-order valence-corrected chi connectivity index (χ3v) is 8.18. The highest BCUT2D eigenvalue weighted by Crippen LogP contribution is 2.28. The van der Waals surface area contributed by atoms with Gasteiger partial charge in [0, 0.05) is 24.0 Å². The molecule has 0 N–H and O–H groups in total. The number of hydrogen-bond acceptors (Lipinski definition) is 7. The Morgan fingerprint density at radius 1 is 1.11 bits per heavy atom. The van der Waals surface area contributed by atoms with Gasteiger partial charge in [-0.25, -0.2) is 18.4 Å². The molecule has 140 valence electrons. The molecule has 1 aromatic carbocycles. The Morgan fingerprint density at radius 3 is 2.59 bits per heavy atom. The van der Waals surface area contributed by atoms with Crippen LogP contribution in [-0.2, 0) is 10.0 Å². The van der Waals surface area contributed by atoms with Gasteiger partial charge in [-0.1, -0.05) is 23.9 Å². The molecule has 0 unspecified atom stereocenters.